The van der Waals surface area contributed by atoms with Crippen molar-refractivity contribution in [2.45, 2.75) is 56.6 Å². The van der Waals surface area contributed by atoms with E-state index in [-0.39, 0.29) is 5.60 Å². The number of anilines is 1. The molecule has 0 amide bonds. The van der Waals surface area contributed by atoms with Gasteiger partial charge in [-0.15, -0.1) is 0 Å². The second-order valence-corrected chi connectivity index (χ2v) is 7.09. The van der Waals surface area contributed by atoms with Gasteiger partial charge in [-0.25, -0.2) is 0 Å². The normalized spacial score (nSPS) is 24.5. The average Bonchev–Trinajstić information content (AvgIpc) is 2.50. The predicted molar refractivity (Wildman–Crippen MR) is 87.3 cm³/mol. The summed E-state index contributed by atoms with van der Waals surface area (Å²) >= 11 is 3.56. The fraction of sp³-hybridized carbons (Fsp3) is 0.588. The van der Waals surface area contributed by atoms with E-state index in [2.05, 4.69) is 27.3 Å². The summed E-state index contributed by atoms with van der Waals surface area (Å²) in [6.07, 6.45) is 8.51. The third-order valence-electron chi connectivity index (χ3n) is 4.72. The molecule has 1 saturated carbocycles. The Hall–Kier alpha value is -1.05. The molecule has 2 fully saturated rings. The van der Waals surface area contributed by atoms with Gasteiger partial charge in [0.2, 0.25) is 0 Å². The number of halogens is 1. The van der Waals surface area contributed by atoms with Crippen LogP contribution in [0.4, 0.5) is 5.69 Å². The summed E-state index contributed by atoms with van der Waals surface area (Å²) in [5, 5.41) is 12.6. The van der Waals surface area contributed by atoms with Crippen LogP contribution in [0.3, 0.4) is 0 Å². The van der Waals surface area contributed by atoms with E-state index < -0.39 is 0 Å². The van der Waals surface area contributed by atoms with E-state index in [4.69, 9.17) is 10.00 Å². The molecule has 2 aliphatic rings. The van der Waals surface area contributed by atoms with E-state index in [1.807, 2.05) is 18.2 Å². The van der Waals surface area contributed by atoms with Crippen LogP contribution in [0.5, 0.6) is 0 Å². The Balaban J connectivity index is 1.68. The minimum Gasteiger partial charge on any atom is -0.381 e. The molecule has 1 saturated heterocycles. The number of hydrogen-bond donors (Lipinski definition) is 1. The third-order valence-corrected chi connectivity index (χ3v) is 5.37. The van der Waals surface area contributed by atoms with Crippen molar-refractivity contribution in [2.24, 2.45) is 0 Å². The molecule has 1 N–H and O–H groups in total. The first-order valence-electron chi connectivity index (χ1n) is 7.81. The Labute approximate surface area is 134 Å². The molecule has 0 aromatic heterocycles. The van der Waals surface area contributed by atoms with Gasteiger partial charge < -0.3 is 10.1 Å². The lowest BCUT2D eigenvalue weighted by atomic mass is 9.78. The minimum atomic E-state index is 0.118. The highest BCUT2D eigenvalue weighted by molar-refractivity contribution is 9.10. The molecule has 1 unspecified atom stereocenters. The molecular formula is C17H21BrN2O. The van der Waals surface area contributed by atoms with Gasteiger partial charge in [0.25, 0.3) is 0 Å². The highest BCUT2D eigenvalue weighted by Gasteiger charge is 2.38. The molecule has 0 radical (unpaired) electrons. The third kappa shape index (κ3) is 3.41. The van der Waals surface area contributed by atoms with Gasteiger partial charge in [-0.3, -0.25) is 0 Å². The fourth-order valence-electron chi connectivity index (χ4n) is 3.62. The second-order valence-electron chi connectivity index (χ2n) is 6.23. The van der Waals surface area contributed by atoms with Gasteiger partial charge in [-0.1, -0.05) is 19.3 Å². The summed E-state index contributed by atoms with van der Waals surface area (Å²) in [4.78, 5) is 0. The van der Waals surface area contributed by atoms with Crippen molar-refractivity contribution in [2.75, 3.05) is 11.9 Å². The van der Waals surface area contributed by atoms with Crippen molar-refractivity contribution in [1.29, 1.82) is 5.26 Å². The molecule has 3 nitrogen and oxygen atoms in total. The summed E-state index contributed by atoms with van der Waals surface area (Å²) in [6, 6.07) is 8.36. The van der Waals surface area contributed by atoms with Gasteiger partial charge in [-0.05, 0) is 59.8 Å². The zero-order chi connectivity index (χ0) is 14.7. The molecule has 112 valence electrons. The molecule has 1 aliphatic heterocycles. The summed E-state index contributed by atoms with van der Waals surface area (Å²) in [6.45, 7) is 0.853. The zero-order valence-corrected chi connectivity index (χ0v) is 13.8. The summed E-state index contributed by atoms with van der Waals surface area (Å²) in [7, 11) is 0. The van der Waals surface area contributed by atoms with Crippen LogP contribution in [-0.2, 0) is 4.74 Å². The smallest absolute Gasteiger partial charge is 0.0992 e. The number of benzene rings is 1. The van der Waals surface area contributed by atoms with Crippen LogP contribution in [0.25, 0.3) is 0 Å². The average molecular weight is 349 g/mol. The number of rotatable bonds is 2. The lowest BCUT2D eigenvalue weighted by Gasteiger charge is -2.44. The monoisotopic (exact) mass is 348 g/mol. The van der Waals surface area contributed by atoms with Gasteiger partial charge >= 0.3 is 0 Å². The van der Waals surface area contributed by atoms with Gasteiger partial charge in [0.15, 0.2) is 0 Å². The predicted octanol–water partition coefficient (Wildman–Crippen LogP) is 4.61. The van der Waals surface area contributed by atoms with Crippen molar-refractivity contribution in [3.8, 4) is 6.07 Å². The number of hydrogen-bond acceptors (Lipinski definition) is 3. The minimum absolute atomic E-state index is 0.118. The standard InChI is InChI=1S/C17H21BrN2O/c18-15-10-13(12-19)4-5-16(15)20-14-6-9-21-17(11-14)7-2-1-3-8-17/h4-5,10,14,20H,1-3,6-9,11H2. The lowest BCUT2D eigenvalue weighted by molar-refractivity contribution is -0.103. The van der Waals surface area contributed by atoms with E-state index in [1.54, 1.807) is 0 Å². The summed E-state index contributed by atoms with van der Waals surface area (Å²) in [5.74, 6) is 0. The van der Waals surface area contributed by atoms with Gasteiger partial charge in [0.1, 0.15) is 0 Å². The van der Waals surface area contributed by atoms with E-state index in [0.717, 1.165) is 29.6 Å². The largest absolute Gasteiger partial charge is 0.381 e. The van der Waals surface area contributed by atoms with Crippen LogP contribution in [0.1, 0.15) is 50.5 Å². The zero-order valence-electron chi connectivity index (χ0n) is 12.2. The molecule has 1 aliphatic carbocycles. The molecule has 4 heteroatoms. The van der Waals surface area contributed by atoms with Crippen molar-refractivity contribution < 1.29 is 4.74 Å². The highest BCUT2D eigenvalue weighted by atomic mass is 79.9. The van der Waals surface area contributed by atoms with Gasteiger partial charge in [-0.2, -0.15) is 5.26 Å². The lowest BCUT2D eigenvalue weighted by Crippen LogP contribution is -2.45. The molecule has 1 spiro atoms. The van der Waals surface area contributed by atoms with Crippen LogP contribution in [0.15, 0.2) is 22.7 Å². The maximum atomic E-state index is 8.93. The second kappa shape index (κ2) is 6.37. The number of nitrogens with one attached hydrogen (secondary N) is 1. The Morgan fingerprint density at radius 3 is 2.81 bits per heavy atom. The molecule has 0 bridgehead atoms. The van der Waals surface area contributed by atoms with Crippen LogP contribution in [0.2, 0.25) is 0 Å². The Bertz CT molecular complexity index is 541. The molecule has 1 aromatic rings. The van der Waals surface area contributed by atoms with Gasteiger partial charge in [0, 0.05) is 22.8 Å². The number of nitriles is 1. The first kappa shape index (κ1) is 14.9. The Morgan fingerprint density at radius 1 is 1.29 bits per heavy atom. The van der Waals surface area contributed by atoms with E-state index in [1.165, 1.54) is 32.1 Å². The SMILES string of the molecule is N#Cc1ccc(NC2CCOC3(CCCCC3)C2)c(Br)c1. The number of ether oxygens (including phenoxy) is 1. The molecule has 3 rings (SSSR count). The molecule has 1 aromatic carbocycles. The maximum Gasteiger partial charge on any atom is 0.0992 e. The van der Waals surface area contributed by atoms with Crippen molar-refractivity contribution in [1.82, 2.24) is 0 Å². The quantitative estimate of drug-likeness (QED) is 0.848. The fourth-order valence-corrected chi connectivity index (χ4v) is 4.11. The van der Waals surface area contributed by atoms with E-state index >= 15 is 0 Å². The molecule has 21 heavy (non-hydrogen) atoms. The maximum absolute atomic E-state index is 8.93. The summed E-state index contributed by atoms with van der Waals surface area (Å²) < 4.78 is 7.11. The number of nitrogens with zero attached hydrogens (tertiary/aromatic N) is 1. The molecular weight excluding hydrogens is 328 g/mol. The Morgan fingerprint density at radius 2 is 2.10 bits per heavy atom. The topological polar surface area (TPSA) is 45.0 Å². The Kier molecular flexibility index (Phi) is 4.51. The van der Waals surface area contributed by atoms with Crippen LogP contribution in [0, 0.1) is 11.3 Å². The van der Waals surface area contributed by atoms with Crippen molar-refractivity contribution in [3.63, 3.8) is 0 Å². The highest BCUT2D eigenvalue weighted by Crippen LogP contribution is 2.39. The molecule has 1 heterocycles. The summed E-state index contributed by atoms with van der Waals surface area (Å²) in [5.41, 5.74) is 1.88. The van der Waals surface area contributed by atoms with Crippen molar-refractivity contribution in [3.05, 3.63) is 28.2 Å². The van der Waals surface area contributed by atoms with Crippen LogP contribution < -0.4 is 5.32 Å². The first-order valence-corrected chi connectivity index (χ1v) is 8.60. The van der Waals surface area contributed by atoms with E-state index in [0.29, 0.717) is 11.6 Å². The molecule has 1 atom stereocenters. The van der Waals surface area contributed by atoms with Crippen molar-refractivity contribution >= 4 is 21.6 Å². The van der Waals surface area contributed by atoms with Crippen LogP contribution >= 0.6 is 15.9 Å². The van der Waals surface area contributed by atoms with E-state index in [9.17, 15) is 0 Å². The van der Waals surface area contributed by atoms with Gasteiger partial charge in [0.05, 0.1) is 17.2 Å². The van der Waals surface area contributed by atoms with Crippen LogP contribution in [-0.4, -0.2) is 18.2 Å². The first-order chi connectivity index (χ1) is 10.2.